The number of halogens is 4. The molecule has 12 heteroatoms. The van der Waals surface area contributed by atoms with Crippen molar-refractivity contribution in [1.29, 1.82) is 0 Å². The van der Waals surface area contributed by atoms with Crippen LogP contribution < -0.4 is 0 Å². The monoisotopic (exact) mass is 776 g/mol. The first-order valence-electron chi connectivity index (χ1n) is 13.7. The van der Waals surface area contributed by atoms with Crippen LogP contribution in [0.5, 0.6) is 0 Å². The molecule has 0 saturated carbocycles. The van der Waals surface area contributed by atoms with Gasteiger partial charge < -0.3 is 18.9 Å². The fourth-order valence-corrected chi connectivity index (χ4v) is 2.03. The number of rotatable bonds is 16. The minimum atomic E-state index is -1.02. The van der Waals surface area contributed by atoms with Crippen LogP contribution in [0.15, 0.2) is 0 Å². The highest BCUT2D eigenvalue weighted by Crippen LogP contribution is 2.03. The van der Waals surface area contributed by atoms with E-state index in [9.17, 15) is 23.6 Å². The van der Waals surface area contributed by atoms with Gasteiger partial charge in [-0.3, -0.25) is 14.4 Å². The van der Waals surface area contributed by atoms with Crippen molar-refractivity contribution in [2.45, 2.75) is 81.1 Å². The Morgan fingerprint density at radius 2 is 0.950 bits per heavy atom. The first kappa shape index (κ1) is 46.3. The van der Waals surface area contributed by atoms with Crippen molar-refractivity contribution in [2.24, 2.45) is 23.7 Å². The molecule has 0 saturated heterocycles. The van der Waals surface area contributed by atoms with Crippen molar-refractivity contribution in [3.8, 4) is 0 Å². The Balaban J connectivity index is -0.000000216. The Morgan fingerprint density at radius 1 is 0.650 bits per heavy atom. The molecule has 0 unspecified atom stereocenters. The molecule has 240 valence electrons. The fraction of sp³-hybridized carbons (Fsp3) is 0.857. The largest absolute Gasteiger partial charge is 0.465 e. The Hall–Kier alpha value is -0.690. The highest BCUT2D eigenvalue weighted by atomic mass is 127. The standard InChI is InChI=1S/C7H13BrO2.C7H13ClO2.C7H13FO2.C7H13IO2/c4*1-3-6(2)5-10-7(9)4-8/h4*6H,3-5H2,1-2H3/t4*6-/m0000/s1. The molecular formula is C28H52BrClFIO8. The van der Waals surface area contributed by atoms with Crippen LogP contribution in [0.25, 0.3) is 0 Å². The third kappa shape index (κ3) is 39.5. The first-order valence-corrected chi connectivity index (χ1v) is 16.9. The minimum absolute atomic E-state index is 0.0452. The Bertz CT molecular complexity index is 527. The molecule has 0 spiro atoms. The van der Waals surface area contributed by atoms with Gasteiger partial charge in [0.05, 0.1) is 30.9 Å². The molecular weight excluding hydrogens is 726 g/mol. The smallest absolute Gasteiger partial charge is 0.337 e. The molecule has 0 radical (unpaired) electrons. The van der Waals surface area contributed by atoms with E-state index in [1.807, 2.05) is 43.4 Å². The molecule has 0 aliphatic carbocycles. The Kier molecular flexibility index (Phi) is 39.9. The van der Waals surface area contributed by atoms with Gasteiger partial charge in [-0.2, -0.15) is 0 Å². The average molecular weight is 778 g/mol. The summed E-state index contributed by atoms with van der Waals surface area (Å²) in [5.74, 6) is 0.303. The number of carbonyl (C=O) groups excluding carboxylic acids is 4. The van der Waals surface area contributed by atoms with Crippen molar-refractivity contribution >= 4 is 74.0 Å². The van der Waals surface area contributed by atoms with E-state index in [1.165, 1.54) is 0 Å². The maximum atomic E-state index is 11.5. The van der Waals surface area contributed by atoms with Gasteiger partial charge in [0, 0.05) is 0 Å². The van der Waals surface area contributed by atoms with E-state index in [2.05, 4.69) is 55.3 Å². The highest BCUT2D eigenvalue weighted by Gasteiger charge is 2.05. The Morgan fingerprint density at radius 3 is 1.20 bits per heavy atom. The van der Waals surface area contributed by atoms with Gasteiger partial charge in [-0.1, -0.05) is 120 Å². The van der Waals surface area contributed by atoms with Gasteiger partial charge in [-0.25, -0.2) is 9.18 Å². The predicted molar refractivity (Wildman–Crippen MR) is 171 cm³/mol. The molecule has 0 fully saturated rings. The van der Waals surface area contributed by atoms with Crippen LogP contribution in [-0.4, -0.2) is 72.6 Å². The number of esters is 4. The average Bonchev–Trinajstić information content (AvgIpc) is 2.99. The van der Waals surface area contributed by atoms with Crippen molar-refractivity contribution < 1.29 is 42.5 Å². The van der Waals surface area contributed by atoms with Crippen molar-refractivity contribution in [3.05, 3.63) is 0 Å². The van der Waals surface area contributed by atoms with E-state index in [4.69, 9.17) is 25.8 Å². The van der Waals surface area contributed by atoms with E-state index >= 15 is 0 Å². The van der Waals surface area contributed by atoms with Gasteiger partial charge in [-0.05, 0) is 23.7 Å². The fourth-order valence-electron chi connectivity index (χ4n) is 1.57. The van der Waals surface area contributed by atoms with Crippen LogP contribution in [0.3, 0.4) is 0 Å². The molecule has 0 aliphatic rings. The van der Waals surface area contributed by atoms with E-state index in [-0.39, 0.29) is 23.8 Å². The molecule has 0 heterocycles. The van der Waals surface area contributed by atoms with Crippen molar-refractivity contribution in [3.63, 3.8) is 0 Å². The number of carbonyl (C=O) groups is 4. The molecule has 0 N–H and O–H groups in total. The number of ether oxygens (including phenoxy) is 4. The van der Waals surface area contributed by atoms with Crippen LogP contribution in [0.1, 0.15) is 81.1 Å². The van der Waals surface area contributed by atoms with Gasteiger partial charge in [0.15, 0.2) is 6.67 Å². The number of hydrogen-bond donors (Lipinski definition) is 0. The van der Waals surface area contributed by atoms with Gasteiger partial charge >= 0.3 is 23.9 Å². The molecule has 40 heavy (non-hydrogen) atoms. The molecule has 0 aromatic heterocycles. The summed E-state index contributed by atoms with van der Waals surface area (Å²) in [7, 11) is 0. The molecule has 0 aliphatic heterocycles. The lowest BCUT2D eigenvalue weighted by Crippen LogP contribution is -2.12. The van der Waals surface area contributed by atoms with Crippen molar-refractivity contribution in [2.75, 3.05) is 48.7 Å². The van der Waals surface area contributed by atoms with Gasteiger partial charge in [0.25, 0.3) is 0 Å². The summed E-state index contributed by atoms with van der Waals surface area (Å²) in [5, 5.41) is 0.295. The van der Waals surface area contributed by atoms with Crippen LogP contribution in [-0.2, 0) is 38.1 Å². The summed E-state index contributed by atoms with van der Waals surface area (Å²) in [5.41, 5.74) is 0. The van der Waals surface area contributed by atoms with Crippen molar-refractivity contribution in [1.82, 2.24) is 0 Å². The van der Waals surface area contributed by atoms with Gasteiger partial charge in [0.2, 0.25) is 0 Å². The summed E-state index contributed by atoms with van der Waals surface area (Å²) in [6, 6.07) is 0. The second-order valence-corrected chi connectivity index (χ2v) is 10.9. The highest BCUT2D eigenvalue weighted by molar-refractivity contribution is 14.1. The lowest BCUT2D eigenvalue weighted by atomic mass is 10.1. The van der Waals surface area contributed by atoms with E-state index in [1.54, 1.807) is 0 Å². The molecule has 0 bridgehead atoms. The van der Waals surface area contributed by atoms with E-state index in [0.717, 1.165) is 25.7 Å². The van der Waals surface area contributed by atoms with Crippen LogP contribution >= 0.6 is 50.1 Å². The third-order valence-electron chi connectivity index (χ3n) is 5.34. The normalized spacial score (nSPS) is 12.7. The topological polar surface area (TPSA) is 105 Å². The zero-order valence-electron chi connectivity index (χ0n) is 25.6. The SMILES string of the molecule is CC[C@H](C)COC(=O)CBr.CC[C@H](C)COC(=O)CCl.CC[C@H](C)COC(=O)CF.CC[C@H](C)COC(=O)CI. The molecule has 0 rings (SSSR count). The quantitative estimate of drug-likeness (QED) is 0.0695. The number of hydrogen-bond acceptors (Lipinski definition) is 8. The van der Waals surface area contributed by atoms with Crippen LogP contribution in [0.4, 0.5) is 4.39 Å². The summed E-state index contributed by atoms with van der Waals surface area (Å²) >= 11 is 10.2. The summed E-state index contributed by atoms with van der Waals surface area (Å²) in [6.07, 6.45) is 4.08. The maximum absolute atomic E-state index is 11.5. The molecule has 0 aromatic rings. The third-order valence-corrected chi connectivity index (χ3v) is 6.64. The van der Waals surface area contributed by atoms with Crippen LogP contribution in [0, 0.1) is 23.7 Å². The lowest BCUT2D eigenvalue weighted by Gasteiger charge is -2.07. The van der Waals surface area contributed by atoms with Crippen LogP contribution in [0.2, 0.25) is 0 Å². The van der Waals surface area contributed by atoms with E-state index < -0.39 is 12.6 Å². The van der Waals surface area contributed by atoms with Gasteiger partial charge in [-0.15, -0.1) is 11.6 Å². The Labute approximate surface area is 268 Å². The first-order chi connectivity index (χ1) is 18.8. The summed E-state index contributed by atoms with van der Waals surface area (Å²) in [4.78, 5) is 41.9. The molecule has 0 aromatic carbocycles. The molecule has 0 amide bonds. The second-order valence-electron chi connectivity index (χ2n) is 9.32. The second kappa shape index (κ2) is 34.5. The predicted octanol–water partition coefficient (Wildman–Crippen LogP) is 7.34. The maximum Gasteiger partial charge on any atom is 0.337 e. The number of alkyl halides is 4. The molecule has 4 atom stereocenters. The zero-order chi connectivity index (χ0) is 31.9. The zero-order valence-corrected chi connectivity index (χ0v) is 30.1. The van der Waals surface area contributed by atoms with Gasteiger partial charge in [0.1, 0.15) is 11.2 Å². The van der Waals surface area contributed by atoms with E-state index in [0.29, 0.717) is 59.9 Å². The lowest BCUT2D eigenvalue weighted by molar-refractivity contribution is -0.146. The summed E-state index contributed by atoms with van der Waals surface area (Å²) < 4.78 is 31.0. The summed E-state index contributed by atoms with van der Waals surface area (Å²) in [6.45, 7) is 17.2. The molecule has 8 nitrogen and oxygen atoms in total. The minimum Gasteiger partial charge on any atom is -0.465 e.